The Labute approximate surface area is 182 Å². The fourth-order valence-corrected chi connectivity index (χ4v) is 3.51. The van der Waals surface area contributed by atoms with Gasteiger partial charge >= 0.3 is 5.97 Å². The van der Waals surface area contributed by atoms with E-state index >= 15 is 0 Å². The van der Waals surface area contributed by atoms with E-state index in [9.17, 15) is 18.5 Å². The number of nitrogens with zero attached hydrogens (tertiary/aromatic N) is 1. The number of nitrogens with one attached hydrogen (secondary N) is 1. The summed E-state index contributed by atoms with van der Waals surface area (Å²) in [6.07, 6.45) is 1.65. The van der Waals surface area contributed by atoms with E-state index in [2.05, 4.69) is 10.8 Å². The quantitative estimate of drug-likeness (QED) is 0.546. The monoisotopic (exact) mass is 434 g/mol. The van der Waals surface area contributed by atoms with Gasteiger partial charge in [0.05, 0.1) is 23.5 Å². The van der Waals surface area contributed by atoms with Crippen molar-refractivity contribution >= 4 is 16.0 Å². The van der Waals surface area contributed by atoms with Gasteiger partial charge in [-0.3, -0.25) is 0 Å². The van der Waals surface area contributed by atoms with Crippen molar-refractivity contribution < 1.29 is 17.9 Å². The molecule has 158 valence electrons. The number of hydrogen-bond acceptors (Lipinski definition) is 5. The number of rotatable bonds is 8. The lowest BCUT2D eigenvalue weighted by Gasteiger charge is -2.08. The van der Waals surface area contributed by atoms with Crippen LogP contribution in [0.1, 0.15) is 27.0 Å². The zero-order valence-corrected chi connectivity index (χ0v) is 17.9. The molecule has 0 bridgehead atoms. The number of benzene rings is 3. The van der Waals surface area contributed by atoms with Gasteiger partial charge in [0, 0.05) is 6.54 Å². The van der Waals surface area contributed by atoms with Crippen LogP contribution < -0.4 is 4.72 Å². The molecule has 0 aliphatic rings. The summed E-state index contributed by atoms with van der Waals surface area (Å²) in [6.45, 7) is 0.441. The van der Waals surface area contributed by atoms with E-state index in [1.54, 1.807) is 30.3 Å². The predicted molar refractivity (Wildman–Crippen MR) is 119 cm³/mol. The largest absolute Gasteiger partial charge is 0.457 e. The van der Waals surface area contributed by atoms with Crippen molar-refractivity contribution in [2.45, 2.75) is 13.0 Å². The van der Waals surface area contributed by atoms with Crippen LogP contribution in [0.15, 0.2) is 72.8 Å². The van der Waals surface area contributed by atoms with Crippen LogP contribution in [-0.2, 0) is 27.8 Å². The van der Waals surface area contributed by atoms with Crippen LogP contribution >= 0.6 is 0 Å². The first-order chi connectivity index (χ1) is 14.9. The van der Waals surface area contributed by atoms with E-state index < -0.39 is 16.0 Å². The fourth-order valence-electron chi connectivity index (χ4n) is 3.03. The first kappa shape index (κ1) is 22.2. The van der Waals surface area contributed by atoms with Gasteiger partial charge in [0.25, 0.3) is 0 Å². The molecule has 0 amide bonds. The van der Waals surface area contributed by atoms with Crippen LogP contribution in [0.4, 0.5) is 0 Å². The molecule has 0 unspecified atom stereocenters. The van der Waals surface area contributed by atoms with E-state index in [0.29, 0.717) is 24.1 Å². The summed E-state index contributed by atoms with van der Waals surface area (Å²) < 4.78 is 30.0. The van der Waals surface area contributed by atoms with E-state index in [-0.39, 0.29) is 6.61 Å². The molecule has 6 nitrogen and oxygen atoms in total. The van der Waals surface area contributed by atoms with Crippen molar-refractivity contribution in [1.82, 2.24) is 4.72 Å². The van der Waals surface area contributed by atoms with Crippen LogP contribution in [0.25, 0.3) is 11.1 Å². The Morgan fingerprint density at radius 2 is 1.61 bits per heavy atom. The maximum atomic E-state index is 12.3. The maximum absolute atomic E-state index is 12.3. The van der Waals surface area contributed by atoms with Crippen LogP contribution in [0.2, 0.25) is 0 Å². The smallest absolute Gasteiger partial charge is 0.338 e. The standard InChI is InChI=1S/C24H22N2O4S/c1-31(28,29)26-15-14-18-6-12-21(13-7-18)24(27)30-17-19-8-10-20(11-9-19)23-5-3-2-4-22(23)16-25/h2-13,26H,14-15,17H2,1H3. The zero-order chi connectivity index (χ0) is 22.3. The van der Waals surface area contributed by atoms with Gasteiger partial charge in [0.1, 0.15) is 6.61 Å². The average molecular weight is 435 g/mol. The summed E-state index contributed by atoms with van der Waals surface area (Å²) in [6, 6.07) is 24.0. The molecule has 0 atom stereocenters. The van der Waals surface area contributed by atoms with E-state index in [4.69, 9.17) is 4.74 Å². The molecule has 0 aliphatic heterocycles. The van der Waals surface area contributed by atoms with Gasteiger partial charge in [-0.1, -0.05) is 54.6 Å². The Kier molecular flexibility index (Phi) is 7.19. The zero-order valence-electron chi connectivity index (χ0n) is 17.0. The molecule has 0 aromatic heterocycles. The van der Waals surface area contributed by atoms with Crippen molar-refractivity contribution in [2.75, 3.05) is 12.8 Å². The highest BCUT2D eigenvalue weighted by Crippen LogP contribution is 2.23. The van der Waals surface area contributed by atoms with Gasteiger partial charge in [-0.25, -0.2) is 17.9 Å². The summed E-state index contributed by atoms with van der Waals surface area (Å²) >= 11 is 0. The molecule has 3 rings (SSSR count). The van der Waals surface area contributed by atoms with Crippen LogP contribution in [0, 0.1) is 11.3 Å². The number of carbonyl (C=O) groups excluding carboxylic acids is 1. The molecule has 0 fully saturated rings. The second-order valence-electron chi connectivity index (χ2n) is 7.04. The van der Waals surface area contributed by atoms with Crippen molar-refractivity contribution in [3.05, 3.63) is 95.1 Å². The van der Waals surface area contributed by atoms with Gasteiger partial charge in [-0.05, 0) is 46.9 Å². The second kappa shape index (κ2) is 10.0. The molecule has 0 aliphatic carbocycles. The summed E-state index contributed by atoms with van der Waals surface area (Å²) in [5.41, 5.74) is 4.58. The van der Waals surface area contributed by atoms with Crippen molar-refractivity contribution in [3.8, 4) is 17.2 Å². The minimum Gasteiger partial charge on any atom is -0.457 e. The van der Waals surface area contributed by atoms with E-state index in [1.165, 1.54) is 0 Å². The minimum absolute atomic E-state index is 0.138. The van der Waals surface area contributed by atoms with E-state index in [1.807, 2.05) is 42.5 Å². The van der Waals surface area contributed by atoms with Gasteiger partial charge in [0.15, 0.2) is 0 Å². The second-order valence-corrected chi connectivity index (χ2v) is 8.88. The van der Waals surface area contributed by atoms with Crippen LogP contribution in [0.5, 0.6) is 0 Å². The normalized spacial score (nSPS) is 11.0. The summed E-state index contributed by atoms with van der Waals surface area (Å²) in [7, 11) is -3.21. The maximum Gasteiger partial charge on any atom is 0.338 e. The Hall–Kier alpha value is -3.47. The number of nitriles is 1. The third kappa shape index (κ3) is 6.51. The van der Waals surface area contributed by atoms with Gasteiger partial charge < -0.3 is 4.74 Å². The average Bonchev–Trinajstić information content (AvgIpc) is 2.77. The van der Waals surface area contributed by atoms with Crippen molar-refractivity contribution in [1.29, 1.82) is 5.26 Å². The van der Waals surface area contributed by atoms with Gasteiger partial charge in [-0.2, -0.15) is 5.26 Å². The molecule has 0 saturated carbocycles. The fraction of sp³-hybridized carbons (Fsp3) is 0.167. The lowest BCUT2D eigenvalue weighted by molar-refractivity contribution is 0.0472. The number of ether oxygens (including phenoxy) is 1. The molecule has 31 heavy (non-hydrogen) atoms. The number of hydrogen-bond donors (Lipinski definition) is 1. The van der Waals surface area contributed by atoms with Crippen molar-refractivity contribution in [2.24, 2.45) is 0 Å². The van der Waals surface area contributed by atoms with Gasteiger partial charge in [-0.15, -0.1) is 0 Å². The van der Waals surface area contributed by atoms with Crippen molar-refractivity contribution in [3.63, 3.8) is 0 Å². The highest BCUT2D eigenvalue weighted by Gasteiger charge is 2.09. The third-order valence-corrected chi connectivity index (χ3v) is 5.38. The first-order valence-electron chi connectivity index (χ1n) is 9.65. The Balaban J connectivity index is 1.55. The lowest BCUT2D eigenvalue weighted by atomic mass is 9.99. The molecule has 0 heterocycles. The predicted octanol–water partition coefficient (Wildman–Crippen LogP) is 3.67. The summed E-state index contributed by atoms with van der Waals surface area (Å²) in [5.74, 6) is -0.431. The Morgan fingerprint density at radius 1 is 0.968 bits per heavy atom. The Bertz CT molecular complexity index is 1200. The third-order valence-electron chi connectivity index (χ3n) is 4.65. The number of carbonyl (C=O) groups is 1. The lowest BCUT2D eigenvalue weighted by Crippen LogP contribution is -2.24. The SMILES string of the molecule is CS(=O)(=O)NCCc1ccc(C(=O)OCc2ccc(-c3ccccc3C#N)cc2)cc1. The Morgan fingerprint density at radius 3 is 2.26 bits per heavy atom. The molecule has 3 aromatic rings. The summed E-state index contributed by atoms with van der Waals surface area (Å²) in [4.78, 5) is 12.3. The molecule has 0 spiro atoms. The highest BCUT2D eigenvalue weighted by molar-refractivity contribution is 7.88. The topological polar surface area (TPSA) is 96.3 Å². The van der Waals surface area contributed by atoms with Crippen LogP contribution in [-0.4, -0.2) is 27.2 Å². The number of esters is 1. The highest BCUT2D eigenvalue weighted by atomic mass is 32.2. The van der Waals surface area contributed by atoms with Gasteiger partial charge in [0.2, 0.25) is 10.0 Å². The first-order valence-corrected chi connectivity index (χ1v) is 11.5. The molecule has 3 aromatic carbocycles. The molecule has 7 heteroatoms. The molecule has 1 N–H and O–H groups in total. The minimum atomic E-state index is -3.21. The molecular weight excluding hydrogens is 412 g/mol. The summed E-state index contributed by atoms with van der Waals surface area (Å²) in [5, 5.41) is 9.24. The molecular formula is C24H22N2O4S. The molecule has 0 saturated heterocycles. The van der Waals surface area contributed by atoms with Crippen LogP contribution in [0.3, 0.4) is 0 Å². The molecule has 0 radical (unpaired) electrons. The van der Waals surface area contributed by atoms with E-state index in [0.717, 1.165) is 28.5 Å². The number of sulfonamides is 1.